The van der Waals surface area contributed by atoms with E-state index in [4.69, 9.17) is 10.5 Å². The summed E-state index contributed by atoms with van der Waals surface area (Å²) in [5.41, 5.74) is 8.23. The first-order valence-corrected chi connectivity index (χ1v) is 7.05. The summed E-state index contributed by atoms with van der Waals surface area (Å²) in [5, 5.41) is 4.20. The number of aromatic nitrogens is 2. The van der Waals surface area contributed by atoms with E-state index in [1.54, 1.807) is 7.05 Å². The van der Waals surface area contributed by atoms with Gasteiger partial charge in [-0.1, -0.05) is 41.1 Å². The monoisotopic (exact) mass is 337 g/mol. The summed E-state index contributed by atoms with van der Waals surface area (Å²) in [5.74, 6) is -0.465. The van der Waals surface area contributed by atoms with Crippen LogP contribution in [-0.4, -0.2) is 15.7 Å². The maximum Gasteiger partial charge on any atom is 0.359 e. The minimum Gasteiger partial charge on any atom is -0.456 e. The molecule has 0 bridgehead atoms. The fourth-order valence-corrected chi connectivity index (χ4v) is 2.33. The second-order valence-electron chi connectivity index (χ2n) is 4.35. The molecular weight excluding hydrogens is 322 g/mol. The highest BCUT2D eigenvalue weighted by Crippen LogP contribution is 2.20. The van der Waals surface area contributed by atoms with E-state index in [-0.39, 0.29) is 6.61 Å². The summed E-state index contributed by atoms with van der Waals surface area (Å²) in [7, 11) is 1.69. The Morgan fingerprint density at radius 3 is 2.75 bits per heavy atom. The number of aryl methyl sites for hydroxylation is 2. The summed E-state index contributed by atoms with van der Waals surface area (Å²) < 4.78 is 7.68. The van der Waals surface area contributed by atoms with Crippen LogP contribution in [0.25, 0.3) is 0 Å². The average Bonchev–Trinajstić information content (AvgIpc) is 2.72. The number of hydrogen-bond acceptors (Lipinski definition) is 4. The van der Waals surface area contributed by atoms with E-state index in [0.29, 0.717) is 23.5 Å². The Kier molecular flexibility index (Phi) is 4.44. The maximum atomic E-state index is 12.1. The van der Waals surface area contributed by atoms with Crippen LogP contribution in [0.1, 0.15) is 28.7 Å². The number of halogens is 1. The Bertz CT molecular complexity index is 637. The fraction of sp³-hybridized carbons (Fsp3) is 0.286. The Morgan fingerprint density at radius 2 is 2.15 bits per heavy atom. The Balaban J connectivity index is 2.13. The number of esters is 1. The molecule has 0 amide bonds. The van der Waals surface area contributed by atoms with Gasteiger partial charge in [-0.25, -0.2) is 4.79 Å². The highest BCUT2D eigenvalue weighted by atomic mass is 79.9. The summed E-state index contributed by atoms with van der Waals surface area (Å²) in [4.78, 5) is 12.1. The lowest BCUT2D eigenvalue weighted by atomic mass is 10.2. The van der Waals surface area contributed by atoms with E-state index in [0.717, 1.165) is 10.0 Å². The molecule has 0 atom stereocenters. The third kappa shape index (κ3) is 2.85. The number of nitrogens with zero attached hydrogens (tertiary/aromatic N) is 2. The SMILES string of the molecule is CCc1nn(C)c(C(=O)OCc2ccccc2Br)c1N. The molecule has 0 aliphatic heterocycles. The molecule has 0 saturated carbocycles. The molecule has 0 unspecified atom stereocenters. The first-order valence-electron chi connectivity index (χ1n) is 6.26. The Hall–Kier alpha value is -1.82. The molecule has 0 aliphatic rings. The largest absolute Gasteiger partial charge is 0.456 e. The standard InChI is InChI=1S/C14H16BrN3O2/c1-3-11-12(16)13(18(2)17-11)14(19)20-8-9-6-4-5-7-10(9)15/h4-7H,3,8,16H2,1-2H3. The quantitative estimate of drug-likeness (QED) is 0.870. The van der Waals surface area contributed by atoms with E-state index in [9.17, 15) is 4.79 Å². The number of hydrogen-bond donors (Lipinski definition) is 1. The summed E-state index contributed by atoms with van der Waals surface area (Å²) in [6.07, 6.45) is 0.678. The van der Waals surface area contributed by atoms with Crippen LogP contribution < -0.4 is 5.73 Å². The number of nitrogen functional groups attached to an aromatic ring is 1. The molecule has 1 aromatic heterocycles. The highest BCUT2D eigenvalue weighted by molar-refractivity contribution is 9.10. The van der Waals surface area contributed by atoms with Crippen LogP contribution in [0, 0.1) is 0 Å². The number of benzene rings is 1. The van der Waals surface area contributed by atoms with Crippen molar-refractivity contribution in [3.05, 3.63) is 45.7 Å². The molecule has 1 aromatic carbocycles. The number of carbonyl (C=O) groups excluding carboxylic acids is 1. The Labute approximate surface area is 125 Å². The molecule has 5 nitrogen and oxygen atoms in total. The molecule has 1 heterocycles. The average molecular weight is 338 g/mol. The number of ether oxygens (including phenoxy) is 1. The van der Waals surface area contributed by atoms with E-state index >= 15 is 0 Å². The first-order chi connectivity index (χ1) is 9.54. The molecule has 0 aliphatic carbocycles. The third-order valence-electron chi connectivity index (χ3n) is 3.01. The maximum absolute atomic E-state index is 12.1. The van der Waals surface area contributed by atoms with Crippen molar-refractivity contribution in [3.8, 4) is 0 Å². The van der Waals surface area contributed by atoms with Gasteiger partial charge in [0.1, 0.15) is 6.61 Å². The third-order valence-corrected chi connectivity index (χ3v) is 3.78. The van der Waals surface area contributed by atoms with Crippen molar-refractivity contribution in [1.29, 1.82) is 0 Å². The van der Waals surface area contributed by atoms with Gasteiger partial charge in [0.25, 0.3) is 0 Å². The Morgan fingerprint density at radius 1 is 1.45 bits per heavy atom. The van der Waals surface area contributed by atoms with E-state index in [1.165, 1.54) is 4.68 Å². The first kappa shape index (κ1) is 14.6. The fourth-order valence-electron chi connectivity index (χ4n) is 1.93. The molecular formula is C14H16BrN3O2. The molecule has 2 N–H and O–H groups in total. The molecule has 6 heteroatoms. The van der Waals surface area contributed by atoms with Crippen LogP contribution in [0.4, 0.5) is 5.69 Å². The minimum absolute atomic E-state index is 0.187. The van der Waals surface area contributed by atoms with Gasteiger partial charge in [0.05, 0.1) is 11.4 Å². The van der Waals surface area contributed by atoms with E-state index in [1.807, 2.05) is 31.2 Å². The predicted octanol–water partition coefficient (Wildman–Crippen LogP) is 2.68. The highest BCUT2D eigenvalue weighted by Gasteiger charge is 2.20. The van der Waals surface area contributed by atoms with Crippen molar-refractivity contribution >= 4 is 27.6 Å². The second kappa shape index (κ2) is 6.09. The minimum atomic E-state index is -0.465. The van der Waals surface area contributed by atoms with E-state index < -0.39 is 5.97 Å². The van der Waals surface area contributed by atoms with Gasteiger partial charge in [0, 0.05) is 17.1 Å². The molecule has 0 saturated heterocycles. The van der Waals surface area contributed by atoms with Gasteiger partial charge in [-0.05, 0) is 12.5 Å². The number of anilines is 1. The van der Waals surface area contributed by atoms with Crippen LogP contribution in [0.3, 0.4) is 0 Å². The normalized spacial score (nSPS) is 10.6. The molecule has 0 radical (unpaired) electrons. The van der Waals surface area contributed by atoms with Crippen molar-refractivity contribution in [2.45, 2.75) is 20.0 Å². The van der Waals surface area contributed by atoms with Gasteiger partial charge in [-0.3, -0.25) is 4.68 Å². The van der Waals surface area contributed by atoms with Crippen LogP contribution in [-0.2, 0) is 24.8 Å². The smallest absolute Gasteiger partial charge is 0.359 e. The van der Waals surface area contributed by atoms with E-state index in [2.05, 4.69) is 21.0 Å². The van der Waals surface area contributed by atoms with Gasteiger partial charge in [0.2, 0.25) is 0 Å². The lowest BCUT2D eigenvalue weighted by molar-refractivity contribution is 0.0460. The van der Waals surface area contributed by atoms with Crippen molar-refractivity contribution in [1.82, 2.24) is 9.78 Å². The van der Waals surface area contributed by atoms with Crippen LogP contribution in [0.15, 0.2) is 28.7 Å². The van der Waals surface area contributed by atoms with Gasteiger partial charge < -0.3 is 10.5 Å². The van der Waals surface area contributed by atoms with Crippen LogP contribution >= 0.6 is 15.9 Å². The number of carbonyl (C=O) groups is 1. The number of nitrogens with two attached hydrogens (primary N) is 1. The molecule has 2 aromatic rings. The van der Waals surface area contributed by atoms with Gasteiger partial charge >= 0.3 is 5.97 Å². The summed E-state index contributed by atoms with van der Waals surface area (Å²) >= 11 is 3.41. The van der Waals surface area contributed by atoms with Gasteiger partial charge in [0.15, 0.2) is 5.69 Å². The number of rotatable bonds is 4. The lowest BCUT2D eigenvalue weighted by Crippen LogP contribution is -2.12. The van der Waals surface area contributed by atoms with Crippen LogP contribution in [0.5, 0.6) is 0 Å². The van der Waals surface area contributed by atoms with Crippen LogP contribution in [0.2, 0.25) is 0 Å². The zero-order valence-electron chi connectivity index (χ0n) is 11.4. The van der Waals surface area contributed by atoms with Gasteiger partial charge in [-0.15, -0.1) is 0 Å². The predicted molar refractivity (Wildman–Crippen MR) is 80.3 cm³/mol. The molecule has 0 spiro atoms. The van der Waals surface area contributed by atoms with Crippen molar-refractivity contribution in [3.63, 3.8) is 0 Å². The molecule has 2 rings (SSSR count). The molecule has 0 fully saturated rings. The lowest BCUT2D eigenvalue weighted by Gasteiger charge is -2.07. The zero-order chi connectivity index (χ0) is 14.7. The second-order valence-corrected chi connectivity index (χ2v) is 5.21. The zero-order valence-corrected chi connectivity index (χ0v) is 13.0. The molecule has 20 heavy (non-hydrogen) atoms. The van der Waals surface area contributed by atoms with Gasteiger partial charge in [-0.2, -0.15) is 5.10 Å². The van der Waals surface area contributed by atoms with Crippen molar-refractivity contribution in [2.24, 2.45) is 7.05 Å². The van der Waals surface area contributed by atoms with Crippen molar-refractivity contribution < 1.29 is 9.53 Å². The van der Waals surface area contributed by atoms with Crippen molar-refractivity contribution in [2.75, 3.05) is 5.73 Å². The summed E-state index contributed by atoms with van der Waals surface area (Å²) in [6.45, 7) is 2.13. The molecule has 106 valence electrons. The topological polar surface area (TPSA) is 70.1 Å². The summed E-state index contributed by atoms with van der Waals surface area (Å²) in [6, 6.07) is 7.59.